The molecule has 16 heteroatoms. The second kappa shape index (κ2) is 23.5. The number of rotatable bonds is 13. The molecular weight excluding hydrogens is 780 g/mol. The topological polar surface area (TPSA) is 205 Å². The van der Waals surface area contributed by atoms with Gasteiger partial charge in [0.1, 0.15) is 36.3 Å². The first-order chi connectivity index (χ1) is 28.5. The molecule has 17 atom stereocenters. The smallest absolute Gasteiger partial charge is 0.308 e. The number of hydrogen-bond donors (Lipinski definition) is 4. The van der Waals surface area contributed by atoms with Crippen molar-refractivity contribution in [3.8, 4) is 5.75 Å². The van der Waals surface area contributed by atoms with Gasteiger partial charge in [-0.2, -0.15) is 0 Å². The molecule has 1 aromatic heterocycles. The lowest BCUT2D eigenvalue weighted by molar-refractivity contribution is -0.304. The second-order valence-corrected chi connectivity index (χ2v) is 16.8. The van der Waals surface area contributed by atoms with E-state index in [0.29, 0.717) is 25.0 Å². The Labute approximate surface area is 355 Å². The summed E-state index contributed by atoms with van der Waals surface area (Å²) in [4.78, 5) is 33.5. The van der Waals surface area contributed by atoms with Crippen LogP contribution in [0.5, 0.6) is 5.75 Å². The molecule has 16 nitrogen and oxygen atoms in total. The summed E-state index contributed by atoms with van der Waals surface area (Å²) in [6, 6.07) is 2.82. The van der Waals surface area contributed by atoms with Crippen molar-refractivity contribution in [3.05, 3.63) is 48.3 Å². The maximum absolute atomic E-state index is 13.8. The first-order valence-electron chi connectivity index (χ1n) is 21.2. The van der Waals surface area contributed by atoms with E-state index < -0.39 is 109 Å². The molecule has 340 valence electrons. The minimum absolute atomic E-state index is 0.0214. The van der Waals surface area contributed by atoms with Gasteiger partial charge in [-0.3, -0.25) is 14.6 Å². The summed E-state index contributed by atoms with van der Waals surface area (Å²) in [6.45, 7) is 10.9. The van der Waals surface area contributed by atoms with Crippen LogP contribution in [0.3, 0.4) is 0 Å². The summed E-state index contributed by atoms with van der Waals surface area (Å²) >= 11 is 0. The summed E-state index contributed by atoms with van der Waals surface area (Å²) in [7, 11) is 6.45. The Morgan fingerprint density at radius 1 is 0.900 bits per heavy atom. The molecule has 1 aromatic rings. The van der Waals surface area contributed by atoms with Gasteiger partial charge in [-0.25, -0.2) is 0 Å². The molecule has 4 N–H and O–H groups in total. The van der Waals surface area contributed by atoms with Crippen LogP contribution in [-0.4, -0.2) is 163 Å². The number of pyridine rings is 1. The van der Waals surface area contributed by atoms with Crippen LogP contribution < -0.4 is 4.74 Å². The summed E-state index contributed by atoms with van der Waals surface area (Å²) in [5.74, 6) is -2.44. The summed E-state index contributed by atoms with van der Waals surface area (Å²) in [5, 5.41) is 45.0. The van der Waals surface area contributed by atoms with E-state index in [1.165, 1.54) is 20.3 Å². The molecular formula is C44H70N2O14. The molecule has 3 aliphatic rings. The Balaban J connectivity index is 1.67. The molecule has 0 unspecified atom stereocenters. The Hall–Kier alpha value is -2.87. The summed E-state index contributed by atoms with van der Waals surface area (Å²) in [6.07, 6.45) is -1.92. The van der Waals surface area contributed by atoms with E-state index in [2.05, 4.69) is 4.98 Å². The van der Waals surface area contributed by atoms with Crippen LogP contribution in [0.4, 0.5) is 0 Å². The van der Waals surface area contributed by atoms with Gasteiger partial charge in [0.05, 0.1) is 62.4 Å². The van der Waals surface area contributed by atoms with Crippen LogP contribution in [0.15, 0.2) is 48.3 Å². The zero-order valence-electron chi connectivity index (χ0n) is 36.9. The van der Waals surface area contributed by atoms with Crippen molar-refractivity contribution in [2.24, 2.45) is 23.7 Å². The maximum atomic E-state index is 13.8. The number of carbonyl (C=O) groups excluding carboxylic acids is 2. The van der Waals surface area contributed by atoms with Crippen LogP contribution >= 0.6 is 0 Å². The van der Waals surface area contributed by atoms with E-state index in [1.54, 1.807) is 70.4 Å². The predicted molar refractivity (Wildman–Crippen MR) is 220 cm³/mol. The van der Waals surface area contributed by atoms with Crippen molar-refractivity contribution in [2.45, 2.75) is 147 Å². The number of nitrogens with zero attached hydrogens (tertiary/aromatic N) is 2. The van der Waals surface area contributed by atoms with Gasteiger partial charge < -0.3 is 63.2 Å². The standard InChI is InChI=1S/C44H70N2O14/c1-11-34-30(23-56-44-42(54-10)41(53-9)38(51)28(6)58-44)19-24(2)14-15-32(47)25(3)20-29(16-18-55-31-13-12-17-45-22-31)40(26(4)33(48)21-35(49)59-34)60-43-39(52)36(46(7)8)37(50)27(5)57-43/h12-15,17,19,22,25-30,33-34,36-44,48,50-52H,11,16,18,20-21,23H2,1-10H3/b15-14+,24-19+/t25-,26+,27-,28-,29+,30-,33-,34-,36+,37-,38-,39-,40-,41-,42-,43+,44-/m1/s1. The van der Waals surface area contributed by atoms with Crippen molar-refractivity contribution in [3.63, 3.8) is 0 Å². The molecule has 0 bridgehead atoms. The third kappa shape index (κ3) is 13.1. The third-order valence-electron chi connectivity index (χ3n) is 12.1. The van der Waals surface area contributed by atoms with E-state index in [-0.39, 0.29) is 25.4 Å². The van der Waals surface area contributed by atoms with Gasteiger partial charge in [0.25, 0.3) is 0 Å². The number of cyclic esters (lactones) is 1. The number of carbonyl (C=O) groups is 2. The van der Waals surface area contributed by atoms with Crippen LogP contribution in [0.2, 0.25) is 0 Å². The van der Waals surface area contributed by atoms with Gasteiger partial charge in [0, 0.05) is 38.2 Å². The predicted octanol–water partition coefficient (Wildman–Crippen LogP) is 2.84. The highest BCUT2D eigenvalue weighted by Crippen LogP contribution is 2.35. The fourth-order valence-corrected chi connectivity index (χ4v) is 8.45. The number of hydrogen-bond acceptors (Lipinski definition) is 16. The molecule has 60 heavy (non-hydrogen) atoms. The second-order valence-electron chi connectivity index (χ2n) is 16.8. The van der Waals surface area contributed by atoms with Crippen LogP contribution in [-0.2, 0) is 42.7 Å². The number of allylic oxidation sites excluding steroid dienone is 3. The Bertz CT molecular complexity index is 1530. The lowest BCUT2D eigenvalue weighted by Gasteiger charge is -2.46. The SMILES string of the molecule is CC[C@H]1OC(=O)C[C@@H](O)[C@H](C)[C@@H](O[C@@H]2O[C@H](C)[C@@H](O)[C@H](N(C)C)[C@H]2O)[C@@H](CCOc2cccnc2)C[C@@H](C)C(=O)/C=C/C(C)=C/[C@@H]1CO[C@@H]1O[C@H](C)[C@@H](O)[C@@H](OC)[C@H]1OC. The quantitative estimate of drug-likeness (QED) is 0.211. The van der Waals surface area contributed by atoms with Crippen LogP contribution in [0.1, 0.15) is 67.2 Å². The zero-order valence-corrected chi connectivity index (χ0v) is 36.9. The average Bonchev–Trinajstić information content (AvgIpc) is 3.21. The Morgan fingerprint density at radius 3 is 2.22 bits per heavy atom. The molecule has 0 spiro atoms. The number of aliphatic hydroxyl groups excluding tert-OH is 4. The van der Waals surface area contributed by atoms with Crippen LogP contribution in [0.25, 0.3) is 0 Å². The molecule has 0 aromatic carbocycles. The Morgan fingerprint density at radius 2 is 1.58 bits per heavy atom. The van der Waals surface area contributed by atoms with Gasteiger partial charge in [-0.15, -0.1) is 0 Å². The molecule has 0 aliphatic carbocycles. The van der Waals surface area contributed by atoms with Crippen molar-refractivity contribution >= 4 is 11.8 Å². The number of methoxy groups -OCH3 is 2. The lowest BCUT2D eigenvalue weighted by atomic mass is 9.79. The van der Waals surface area contributed by atoms with Crippen molar-refractivity contribution in [1.82, 2.24) is 9.88 Å². The number of aliphatic hydroxyl groups is 4. The molecule has 3 aliphatic heterocycles. The van der Waals surface area contributed by atoms with E-state index in [4.69, 9.17) is 37.9 Å². The van der Waals surface area contributed by atoms with Gasteiger partial charge in [0.15, 0.2) is 18.4 Å². The average molecular weight is 851 g/mol. The minimum Gasteiger partial charge on any atom is -0.492 e. The molecule has 2 fully saturated rings. The maximum Gasteiger partial charge on any atom is 0.308 e. The van der Waals surface area contributed by atoms with Gasteiger partial charge in [-0.05, 0) is 78.3 Å². The largest absolute Gasteiger partial charge is 0.492 e. The number of likely N-dealkylation sites (N-methyl/N-ethyl adjacent to an activating group) is 1. The molecule has 4 heterocycles. The minimum atomic E-state index is -1.28. The van der Waals surface area contributed by atoms with Crippen molar-refractivity contribution in [1.29, 1.82) is 0 Å². The Kier molecular flexibility index (Phi) is 19.5. The highest BCUT2D eigenvalue weighted by Gasteiger charge is 2.48. The van der Waals surface area contributed by atoms with Gasteiger partial charge in [0.2, 0.25) is 0 Å². The normalized spacial score (nSPS) is 40.4. The van der Waals surface area contributed by atoms with Crippen molar-refractivity contribution in [2.75, 3.05) is 41.5 Å². The molecule has 0 saturated carbocycles. The first kappa shape index (κ1) is 49.8. The van der Waals surface area contributed by atoms with Gasteiger partial charge in [-0.1, -0.05) is 38.5 Å². The van der Waals surface area contributed by atoms with Gasteiger partial charge >= 0.3 is 5.97 Å². The highest BCUT2D eigenvalue weighted by molar-refractivity contribution is 5.91. The fourth-order valence-electron chi connectivity index (χ4n) is 8.45. The third-order valence-corrected chi connectivity index (χ3v) is 12.1. The summed E-state index contributed by atoms with van der Waals surface area (Å²) < 4.78 is 48.3. The molecule has 0 amide bonds. The van der Waals surface area contributed by atoms with E-state index in [9.17, 15) is 30.0 Å². The monoisotopic (exact) mass is 850 g/mol. The fraction of sp³-hybridized carbons (Fsp3) is 0.750. The van der Waals surface area contributed by atoms with E-state index >= 15 is 0 Å². The number of ether oxygens (including phenoxy) is 8. The first-order valence-corrected chi connectivity index (χ1v) is 21.2. The number of esters is 1. The molecule has 2 saturated heterocycles. The van der Waals surface area contributed by atoms with E-state index in [1.807, 2.05) is 26.8 Å². The summed E-state index contributed by atoms with van der Waals surface area (Å²) in [5.41, 5.74) is 0.726. The number of ketones is 1. The number of aromatic nitrogens is 1. The van der Waals surface area contributed by atoms with E-state index in [0.717, 1.165) is 5.57 Å². The molecule has 0 radical (unpaired) electrons. The van der Waals surface area contributed by atoms with Crippen molar-refractivity contribution < 1.29 is 67.9 Å². The molecule has 4 rings (SSSR count). The highest BCUT2D eigenvalue weighted by atomic mass is 16.7. The van der Waals surface area contributed by atoms with Crippen LogP contribution in [0, 0.1) is 23.7 Å². The lowest BCUT2D eigenvalue weighted by Crippen LogP contribution is -2.63. The zero-order chi connectivity index (χ0) is 44.3.